The Balaban J connectivity index is 3.45. The SMILES string of the molecule is CCn1cc(C)cc([N+](=O)[O-])c1=O. The highest BCUT2D eigenvalue weighted by Crippen LogP contribution is 2.06. The van der Waals surface area contributed by atoms with E-state index in [2.05, 4.69) is 0 Å². The van der Waals surface area contributed by atoms with Crippen molar-refractivity contribution in [3.63, 3.8) is 0 Å². The van der Waals surface area contributed by atoms with E-state index in [0.717, 1.165) is 0 Å². The van der Waals surface area contributed by atoms with Crippen molar-refractivity contribution >= 4 is 5.69 Å². The third-order valence-electron chi connectivity index (χ3n) is 1.74. The Kier molecular flexibility index (Phi) is 2.46. The van der Waals surface area contributed by atoms with E-state index in [4.69, 9.17) is 0 Å². The first-order chi connectivity index (χ1) is 6.06. The van der Waals surface area contributed by atoms with E-state index in [0.29, 0.717) is 12.1 Å². The summed E-state index contributed by atoms with van der Waals surface area (Å²) >= 11 is 0. The fourth-order valence-corrected chi connectivity index (χ4v) is 1.13. The second kappa shape index (κ2) is 3.38. The van der Waals surface area contributed by atoms with Crippen LogP contribution in [0.4, 0.5) is 5.69 Å². The standard InChI is InChI=1S/C8H10N2O3/c1-3-9-5-6(2)4-7(8(9)11)10(12)13/h4-5H,3H2,1-2H3. The Bertz CT molecular complexity index is 395. The summed E-state index contributed by atoms with van der Waals surface area (Å²) < 4.78 is 1.33. The first kappa shape index (κ1) is 9.44. The van der Waals surface area contributed by atoms with Gasteiger partial charge in [0.25, 0.3) is 0 Å². The maximum absolute atomic E-state index is 11.3. The van der Waals surface area contributed by atoms with Gasteiger partial charge in [0, 0.05) is 18.8 Å². The molecule has 0 spiro atoms. The van der Waals surface area contributed by atoms with Gasteiger partial charge in [0.2, 0.25) is 0 Å². The molecule has 0 atom stereocenters. The maximum atomic E-state index is 11.3. The third kappa shape index (κ3) is 1.74. The molecule has 5 heteroatoms. The van der Waals surface area contributed by atoms with Crippen LogP contribution in [0.5, 0.6) is 0 Å². The third-order valence-corrected chi connectivity index (χ3v) is 1.74. The minimum absolute atomic E-state index is 0.359. The zero-order valence-corrected chi connectivity index (χ0v) is 7.48. The largest absolute Gasteiger partial charge is 0.334 e. The van der Waals surface area contributed by atoms with Crippen LogP contribution in [0.1, 0.15) is 12.5 Å². The van der Waals surface area contributed by atoms with E-state index in [1.165, 1.54) is 10.6 Å². The molecule has 0 fully saturated rings. The highest BCUT2D eigenvalue weighted by atomic mass is 16.6. The summed E-state index contributed by atoms with van der Waals surface area (Å²) in [5.41, 5.74) is -0.187. The van der Waals surface area contributed by atoms with E-state index in [-0.39, 0.29) is 5.69 Å². The predicted molar refractivity (Wildman–Crippen MR) is 47.8 cm³/mol. The smallest absolute Gasteiger partial charge is 0.310 e. The zero-order chi connectivity index (χ0) is 10.0. The van der Waals surface area contributed by atoms with Crippen molar-refractivity contribution in [2.45, 2.75) is 20.4 Å². The highest BCUT2D eigenvalue weighted by Gasteiger charge is 2.13. The van der Waals surface area contributed by atoms with Crippen LogP contribution < -0.4 is 5.56 Å². The fraction of sp³-hybridized carbons (Fsp3) is 0.375. The van der Waals surface area contributed by atoms with Gasteiger partial charge in [-0.2, -0.15) is 0 Å². The van der Waals surface area contributed by atoms with Gasteiger partial charge in [-0.05, 0) is 19.4 Å². The van der Waals surface area contributed by atoms with Crippen molar-refractivity contribution in [2.75, 3.05) is 0 Å². The average molecular weight is 182 g/mol. The van der Waals surface area contributed by atoms with E-state index in [1.54, 1.807) is 20.0 Å². The zero-order valence-electron chi connectivity index (χ0n) is 7.48. The number of rotatable bonds is 2. The average Bonchev–Trinajstić information content (AvgIpc) is 2.08. The topological polar surface area (TPSA) is 65.1 Å². The number of hydrogen-bond donors (Lipinski definition) is 0. The first-order valence-electron chi connectivity index (χ1n) is 3.91. The van der Waals surface area contributed by atoms with Gasteiger partial charge in [-0.3, -0.25) is 14.9 Å². The molecule has 0 aliphatic rings. The molecular weight excluding hydrogens is 172 g/mol. The van der Waals surface area contributed by atoms with Crippen molar-refractivity contribution in [3.8, 4) is 0 Å². The van der Waals surface area contributed by atoms with Crippen LogP contribution >= 0.6 is 0 Å². The molecule has 0 aliphatic carbocycles. The van der Waals surface area contributed by atoms with Gasteiger partial charge in [-0.1, -0.05) is 0 Å². The lowest BCUT2D eigenvalue weighted by molar-refractivity contribution is -0.386. The molecule has 1 aromatic rings. The summed E-state index contributed by atoms with van der Waals surface area (Å²) in [6.45, 7) is 3.94. The molecule has 5 nitrogen and oxygen atoms in total. The number of aromatic nitrogens is 1. The molecular formula is C8H10N2O3. The lowest BCUT2D eigenvalue weighted by atomic mass is 10.3. The van der Waals surface area contributed by atoms with E-state index < -0.39 is 10.5 Å². The van der Waals surface area contributed by atoms with Crippen LogP contribution in [0.3, 0.4) is 0 Å². The summed E-state index contributed by atoms with van der Waals surface area (Å²) in [5, 5.41) is 10.4. The summed E-state index contributed by atoms with van der Waals surface area (Å²) in [6, 6.07) is 1.29. The van der Waals surface area contributed by atoms with Gasteiger partial charge in [0.15, 0.2) is 0 Å². The number of aryl methyl sites for hydroxylation is 2. The molecule has 0 aromatic carbocycles. The second-order valence-corrected chi connectivity index (χ2v) is 2.75. The Labute approximate surface area is 74.8 Å². The molecule has 0 aliphatic heterocycles. The maximum Gasteiger partial charge on any atom is 0.334 e. The molecule has 0 radical (unpaired) electrons. The molecule has 0 saturated carbocycles. The minimum Gasteiger partial charge on any atom is -0.310 e. The molecule has 0 N–H and O–H groups in total. The van der Waals surface area contributed by atoms with E-state index in [1.807, 2.05) is 0 Å². The van der Waals surface area contributed by atoms with Crippen molar-refractivity contribution in [1.82, 2.24) is 4.57 Å². The molecule has 0 unspecified atom stereocenters. The minimum atomic E-state index is -0.651. The Hall–Kier alpha value is -1.65. The van der Waals surface area contributed by atoms with Crippen molar-refractivity contribution < 1.29 is 4.92 Å². The van der Waals surface area contributed by atoms with Crippen LogP contribution in [-0.4, -0.2) is 9.49 Å². The molecule has 70 valence electrons. The van der Waals surface area contributed by atoms with Crippen LogP contribution in [-0.2, 0) is 6.54 Å². The number of nitrogens with zero attached hydrogens (tertiary/aromatic N) is 2. The van der Waals surface area contributed by atoms with Crippen molar-refractivity contribution in [2.24, 2.45) is 0 Å². The molecule has 0 amide bonds. The summed E-state index contributed by atoms with van der Waals surface area (Å²) in [6.07, 6.45) is 1.61. The number of nitro groups is 1. The van der Waals surface area contributed by atoms with Gasteiger partial charge < -0.3 is 4.57 Å². The number of pyridine rings is 1. The summed E-state index contributed by atoms with van der Waals surface area (Å²) in [5.74, 6) is 0. The molecule has 0 bridgehead atoms. The van der Waals surface area contributed by atoms with Crippen LogP contribution in [0, 0.1) is 17.0 Å². The molecule has 1 rings (SSSR count). The first-order valence-corrected chi connectivity index (χ1v) is 3.91. The van der Waals surface area contributed by atoms with Gasteiger partial charge in [0.05, 0.1) is 4.92 Å². The summed E-state index contributed by atoms with van der Waals surface area (Å²) in [4.78, 5) is 21.1. The number of hydrogen-bond acceptors (Lipinski definition) is 3. The lowest BCUT2D eigenvalue weighted by Crippen LogP contribution is -2.21. The summed E-state index contributed by atoms with van der Waals surface area (Å²) in [7, 11) is 0. The van der Waals surface area contributed by atoms with Gasteiger partial charge in [-0.25, -0.2) is 0 Å². The van der Waals surface area contributed by atoms with Gasteiger partial charge >= 0.3 is 11.2 Å². The molecule has 0 saturated heterocycles. The lowest BCUT2D eigenvalue weighted by Gasteiger charge is -2.02. The van der Waals surface area contributed by atoms with Gasteiger partial charge in [-0.15, -0.1) is 0 Å². The van der Waals surface area contributed by atoms with Gasteiger partial charge in [0.1, 0.15) is 0 Å². The monoisotopic (exact) mass is 182 g/mol. The normalized spacial score (nSPS) is 10.0. The second-order valence-electron chi connectivity index (χ2n) is 2.75. The predicted octanol–water partition coefficient (Wildman–Crippen LogP) is 1.08. The molecule has 13 heavy (non-hydrogen) atoms. The Morgan fingerprint density at radius 3 is 2.69 bits per heavy atom. The Morgan fingerprint density at radius 2 is 2.23 bits per heavy atom. The molecule has 1 aromatic heterocycles. The van der Waals surface area contributed by atoms with Crippen molar-refractivity contribution in [1.29, 1.82) is 0 Å². The molecule has 1 heterocycles. The fourth-order valence-electron chi connectivity index (χ4n) is 1.13. The van der Waals surface area contributed by atoms with Crippen LogP contribution in [0.15, 0.2) is 17.1 Å². The van der Waals surface area contributed by atoms with E-state index >= 15 is 0 Å². The van der Waals surface area contributed by atoms with E-state index in [9.17, 15) is 14.9 Å². The Morgan fingerprint density at radius 1 is 1.62 bits per heavy atom. The van der Waals surface area contributed by atoms with Crippen molar-refractivity contribution in [3.05, 3.63) is 38.3 Å². The van der Waals surface area contributed by atoms with Crippen LogP contribution in [0.2, 0.25) is 0 Å². The quantitative estimate of drug-likeness (QED) is 0.507. The highest BCUT2D eigenvalue weighted by molar-refractivity contribution is 5.30. The van der Waals surface area contributed by atoms with Crippen LogP contribution in [0.25, 0.3) is 0 Å².